The van der Waals surface area contributed by atoms with Gasteiger partial charge in [-0.05, 0) is 66.8 Å². The van der Waals surface area contributed by atoms with Gasteiger partial charge < -0.3 is 23.7 Å². The lowest BCUT2D eigenvalue weighted by Crippen LogP contribution is -2.38. The van der Waals surface area contributed by atoms with Gasteiger partial charge in [-0.2, -0.15) is 0 Å². The van der Waals surface area contributed by atoms with Crippen LogP contribution in [0, 0.1) is 5.92 Å². The van der Waals surface area contributed by atoms with Gasteiger partial charge in [-0.15, -0.1) is 0 Å². The minimum Gasteiger partial charge on any atom is -0.493 e. The van der Waals surface area contributed by atoms with Crippen LogP contribution in [-0.4, -0.2) is 47.7 Å². The SMILES string of the molecule is COc1ccc(/C=C/C(=O)N2CCC(Cn3c(COc4ccccc4)nc4ccccc43)CC2)cc1OC. The molecule has 1 aliphatic heterocycles. The minimum absolute atomic E-state index is 0.0308. The molecule has 0 N–H and O–H groups in total. The van der Waals surface area contributed by atoms with Crippen LogP contribution in [0.4, 0.5) is 0 Å². The Morgan fingerprint density at radius 2 is 1.68 bits per heavy atom. The second-order valence-electron chi connectivity index (χ2n) is 9.45. The maximum absolute atomic E-state index is 12.9. The van der Waals surface area contributed by atoms with Crippen molar-refractivity contribution in [2.24, 2.45) is 5.92 Å². The fourth-order valence-electron chi connectivity index (χ4n) is 4.93. The number of ether oxygens (including phenoxy) is 3. The number of imidazole rings is 1. The van der Waals surface area contributed by atoms with Crippen molar-refractivity contribution in [2.75, 3.05) is 27.3 Å². The summed E-state index contributed by atoms with van der Waals surface area (Å²) in [5.74, 6) is 3.55. The first kappa shape index (κ1) is 25.4. The summed E-state index contributed by atoms with van der Waals surface area (Å²) in [5.41, 5.74) is 2.99. The van der Waals surface area contributed by atoms with Crippen LogP contribution in [0.15, 0.2) is 78.9 Å². The summed E-state index contributed by atoms with van der Waals surface area (Å²) in [6, 6.07) is 23.7. The van der Waals surface area contributed by atoms with Crippen molar-refractivity contribution in [1.29, 1.82) is 0 Å². The van der Waals surface area contributed by atoms with Gasteiger partial charge in [0.05, 0.1) is 25.3 Å². The molecule has 0 atom stereocenters. The molecule has 1 fully saturated rings. The van der Waals surface area contributed by atoms with Crippen molar-refractivity contribution < 1.29 is 19.0 Å². The Hall–Kier alpha value is -4.26. The van der Waals surface area contributed by atoms with Crippen LogP contribution < -0.4 is 14.2 Å². The molecule has 1 amide bonds. The van der Waals surface area contributed by atoms with Crippen molar-refractivity contribution in [1.82, 2.24) is 14.5 Å². The van der Waals surface area contributed by atoms with Crippen molar-refractivity contribution >= 4 is 23.0 Å². The Bertz CT molecular complexity index is 1410. The lowest BCUT2D eigenvalue weighted by molar-refractivity contribution is -0.127. The van der Waals surface area contributed by atoms with Gasteiger partial charge in [0.15, 0.2) is 11.5 Å². The molecule has 5 rings (SSSR count). The number of piperidine rings is 1. The quantitative estimate of drug-likeness (QED) is 0.274. The third-order valence-corrected chi connectivity index (χ3v) is 7.04. The molecule has 1 saturated heterocycles. The zero-order chi connectivity index (χ0) is 26.3. The van der Waals surface area contributed by atoms with Gasteiger partial charge in [-0.1, -0.05) is 36.4 Å². The number of rotatable bonds is 9. The van der Waals surface area contributed by atoms with Gasteiger partial charge in [0.25, 0.3) is 0 Å². The first-order chi connectivity index (χ1) is 18.6. The fourth-order valence-corrected chi connectivity index (χ4v) is 4.93. The molecular formula is C31H33N3O4. The number of hydrogen-bond donors (Lipinski definition) is 0. The van der Waals surface area contributed by atoms with Crippen LogP contribution in [0.3, 0.4) is 0 Å². The van der Waals surface area contributed by atoms with Crippen LogP contribution >= 0.6 is 0 Å². The molecule has 0 saturated carbocycles. The molecule has 38 heavy (non-hydrogen) atoms. The van der Waals surface area contributed by atoms with Gasteiger partial charge in [0.1, 0.15) is 18.2 Å². The normalized spacial score (nSPS) is 14.2. The lowest BCUT2D eigenvalue weighted by Gasteiger charge is -2.32. The van der Waals surface area contributed by atoms with Crippen LogP contribution in [0.1, 0.15) is 24.2 Å². The second kappa shape index (κ2) is 11.9. The van der Waals surface area contributed by atoms with Crippen LogP contribution in [0.2, 0.25) is 0 Å². The molecule has 0 aliphatic carbocycles. The van der Waals surface area contributed by atoms with E-state index in [4.69, 9.17) is 19.2 Å². The fraction of sp³-hybridized carbons (Fsp3) is 0.290. The molecule has 1 aliphatic rings. The van der Waals surface area contributed by atoms with Gasteiger partial charge in [0, 0.05) is 25.7 Å². The molecule has 0 spiro atoms. The van der Waals surface area contributed by atoms with E-state index in [1.165, 1.54) is 0 Å². The molecule has 0 radical (unpaired) electrons. The summed E-state index contributed by atoms with van der Waals surface area (Å²) in [5, 5.41) is 0. The number of nitrogens with zero attached hydrogens (tertiary/aromatic N) is 3. The van der Waals surface area contributed by atoms with Crippen molar-refractivity contribution in [3.8, 4) is 17.2 Å². The average molecular weight is 512 g/mol. The van der Waals surface area contributed by atoms with E-state index in [2.05, 4.69) is 10.6 Å². The number of likely N-dealkylation sites (tertiary alicyclic amines) is 1. The summed E-state index contributed by atoms with van der Waals surface area (Å²) in [6.45, 7) is 2.75. The number of amides is 1. The van der Waals surface area contributed by atoms with Crippen LogP contribution in [0.5, 0.6) is 17.2 Å². The summed E-state index contributed by atoms with van der Waals surface area (Å²) < 4.78 is 19.0. The molecule has 1 aromatic heterocycles. The summed E-state index contributed by atoms with van der Waals surface area (Å²) in [7, 11) is 3.21. The second-order valence-corrected chi connectivity index (χ2v) is 9.45. The van der Waals surface area contributed by atoms with E-state index in [-0.39, 0.29) is 5.91 Å². The number of aromatic nitrogens is 2. The third-order valence-electron chi connectivity index (χ3n) is 7.04. The standard InChI is InChI=1S/C31H33N3O4/c1-36-28-14-12-23(20-29(28)37-2)13-15-31(35)33-18-16-24(17-19-33)21-34-27-11-7-6-10-26(27)32-30(34)22-38-25-8-4-3-5-9-25/h3-15,20,24H,16-19,21-22H2,1-2H3/b15-13+. The molecule has 196 valence electrons. The third kappa shape index (κ3) is 5.83. The number of methoxy groups -OCH3 is 2. The molecule has 2 heterocycles. The predicted molar refractivity (Wildman–Crippen MR) is 148 cm³/mol. The van der Waals surface area contributed by atoms with E-state index in [0.29, 0.717) is 24.0 Å². The zero-order valence-corrected chi connectivity index (χ0v) is 21.9. The maximum atomic E-state index is 12.9. The van der Waals surface area contributed by atoms with E-state index in [9.17, 15) is 4.79 Å². The van der Waals surface area contributed by atoms with E-state index in [0.717, 1.165) is 60.6 Å². The highest BCUT2D eigenvalue weighted by molar-refractivity contribution is 5.92. The largest absolute Gasteiger partial charge is 0.493 e. The Morgan fingerprint density at radius 3 is 2.45 bits per heavy atom. The lowest BCUT2D eigenvalue weighted by atomic mass is 9.96. The number of carbonyl (C=O) groups is 1. The zero-order valence-electron chi connectivity index (χ0n) is 21.9. The van der Waals surface area contributed by atoms with E-state index >= 15 is 0 Å². The summed E-state index contributed by atoms with van der Waals surface area (Å²) >= 11 is 0. The Morgan fingerprint density at radius 1 is 0.947 bits per heavy atom. The summed E-state index contributed by atoms with van der Waals surface area (Å²) in [4.78, 5) is 19.7. The van der Waals surface area contributed by atoms with Gasteiger partial charge in [0.2, 0.25) is 5.91 Å². The molecule has 0 bridgehead atoms. The average Bonchev–Trinajstić information content (AvgIpc) is 3.32. The van der Waals surface area contributed by atoms with Crippen molar-refractivity contribution in [3.05, 3.63) is 90.3 Å². The first-order valence-electron chi connectivity index (χ1n) is 13.0. The topological polar surface area (TPSA) is 65.8 Å². The number of carbonyl (C=O) groups excluding carboxylic acids is 1. The van der Waals surface area contributed by atoms with Gasteiger partial charge in [-0.3, -0.25) is 4.79 Å². The Labute approximate surface area is 223 Å². The van der Waals surface area contributed by atoms with Crippen molar-refractivity contribution in [2.45, 2.75) is 26.0 Å². The maximum Gasteiger partial charge on any atom is 0.246 e. The highest BCUT2D eigenvalue weighted by Crippen LogP contribution is 2.28. The minimum atomic E-state index is 0.0308. The monoisotopic (exact) mass is 511 g/mol. The Kier molecular flexibility index (Phi) is 7.92. The van der Waals surface area contributed by atoms with Gasteiger partial charge in [-0.25, -0.2) is 4.98 Å². The van der Waals surface area contributed by atoms with E-state index in [1.54, 1.807) is 20.3 Å². The van der Waals surface area contributed by atoms with E-state index in [1.807, 2.05) is 77.7 Å². The number of hydrogen-bond acceptors (Lipinski definition) is 5. The number of para-hydroxylation sites is 3. The van der Waals surface area contributed by atoms with Crippen molar-refractivity contribution in [3.63, 3.8) is 0 Å². The van der Waals surface area contributed by atoms with E-state index < -0.39 is 0 Å². The smallest absolute Gasteiger partial charge is 0.246 e. The molecule has 4 aromatic rings. The number of benzene rings is 3. The molecule has 7 nitrogen and oxygen atoms in total. The molecule has 7 heteroatoms. The molecule has 3 aromatic carbocycles. The highest BCUT2D eigenvalue weighted by Gasteiger charge is 2.23. The number of fused-ring (bicyclic) bond motifs is 1. The highest BCUT2D eigenvalue weighted by atomic mass is 16.5. The molecular weight excluding hydrogens is 478 g/mol. The summed E-state index contributed by atoms with van der Waals surface area (Å²) in [6.07, 6.45) is 5.36. The molecule has 0 unspecified atom stereocenters. The van der Waals surface area contributed by atoms with Crippen LogP contribution in [0.25, 0.3) is 17.1 Å². The first-order valence-corrected chi connectivity index (χ1v) is 13.0. The predicted octanol–water partition coefficient (Wildman–Crippen LogP) is 5.58. The van der Waals surface area contributed by atoms with Crippen LogP contribution in [-0.2, 0) is 17.9 Å². The van der Waals surface area contributed by atoms with Gasteiger partial charge >= 0.3 is 0 Å². The Balaban J connectivity index is 1.21.